The van der Waals surface area contributed by atoms with Gasteiger partial charge in [-0.05, 0) is 18.1 Å². The van der Waals surface area contributed by atoms with Crippen LogP contribution in [-0.4, -0.2) is 14.7 Å². The van der Waals surface area contributed by atoms with Gasteiger partial charge in [-0.2, -0.15) is 0 Å². The minimum atomic E-state index is -0.714. The second kappa shape index (κ2) is 4.33. The molecule has 0 bridgehead atoms. The van der Waals surface area contributed by atoms with Crippen LogP contribution in [0.4, 0.5) is 0 Å². The van der Waals surface area contributed by atoms with Crippen molar-refractivity contribution < 1.29 is 5.11 Å². The zero-order chi connectivity index (χ0) is 11.5. The number of aliphatic hydroxyl groups excluding tert-OH is 1. The average Bonchev–Trinajstić information content (AvgIpc) is 2.77. The van der Waals surface area contributed by atoms with E-state index in [-0.39, 0.29) is 0 Å². The Hall–Kier alpha value is -1.87. The van der Waals surface area contributed by atoms with Gasteiger partial charge < -0.3 is 9.67 Å². The summed E-state index contributed by atoms with van der Waals surface area (Å²) in [5.41, 5.74) is 1.92. The lowest BCUT2D eigenvalue weighted by molar-refractivity contribution is 0.208. The molecule has 0 amide bonds. The predicted octanol–water partition coefficient (Wildman–Crippen LogP) is 2.37. The van der Waals surface area contributed by atoms with Crippen molar-refractivity contribution in [3.8, 4) is 0 Å². The lowest BCUT2D eigenvalue weighted by Gasteiger charge is -2.13. The minimum Gasteiger partial charge on any atom is -0.380 e. The first kappa shape index (κ1) is 10.6. The second-order valence-corrected chi connectivity index (χ2v) is 3.63. The average molecular weight is 214 g/mol. The Morgan fingerprint density at radius 1 is 1.44 bits per heavy atom. The van der Waals surface area contributed by atoms with Crippen LogP contribution < -0.4 is 0 Å². The summed E-state index contributed by atoms with van der Waals surface area (Å²) in [6, 6.07) is 7.74. The van der Waals surface area contributed by atoms with Gasteiger partial charge in [0.15, 0.2) is 0 Å². The molecule has 82 valence electrons. The van der Waals surface area contributed by atoms with Gasteiger partial charge in [0, 0.05) is 18.6 Å². The van der Waals surface area contributed by atoms with Crippen molar-refractivity contribution in [2.75, 3.05) is 0 Å². The fourth-order valence-electron chi connectivity index (χ4n) is 1.72. The van der Waals surface area contributed by atoms with Crippen LogP contribution in [0.5, 0.6) is 0 Å². The zero-order valence-electron chi connectivity index (χ0n) is 9.17. The number of rotatable bonds is 3. The zero-order valence-corrected chi connectivity index (χ0v) is 9.17. The first-order valence-corrected chi connectivity index (χ1v) is 5.13. The Morgan fingerprint density at radius 3 is 2.88 bits per heavy atom. The Balaban J connectivity index is 2.43. The van der Waals surface area contributed by atoms with Crippen LogP contribution in [0.15, 0.2) is 43.2 Å². The molecular weight excluding hydrogens is 200 g/mol. The summed E-state index contributed by atoms with van der Waals surface area (Å²) in [6.45, 7) is 5.65. The van der Waals surface area contributed by atoms with Crippen molar-refractivity contribution >= 4 is 6.20 Å². The summed E-state index contributed by atoms with van der Waals surface area (Å²) in [6.07, 6.45) is 4.33. The number of hydrogen-bond donors (Lipinski definition) is 1. The van der Waals surface area contributed by atoms with E-state index in [1.807, 2.05) is 31.2 Å². The van der Waals surface area contributed by atoms with Crippen molar-refractivity contribution in [2.24, 2.45) is 0 Å². The first-order chi connectivity index (χ1) is 7.74. The molecule has 0 spiro atoms. The fourth-order valence-corrected chi connectivity index (χ4v) is 1.72. The largest absolute Gasteiger partial charge is 0.380 e. The maximum Gasteiger partial charge on any atom is 0.146 e. The SMILES string of the molecule is C=Cn1ccnc1C(O)c1ccccc1C. The van der Waals surface area contributed by atoms with Gasteiger partial charge in [-0.15, -0.1) is 0 Å². The van der Waals surface area contributed by atoms with Gasteiger partial charge >= 0.3 is 0 Å². The van der Waals surface area contributed by atoms with Crippen molar-refractivity contribution in [3.63, 3.8) is 0 Å². The lowest BCUT2D eigenvalue weighted by Crippen LogP contribution is -2.07. The van der Waals surface area contributed by atoms with Gasteiger partial charge in [0.05, 0.1) is 0 Å². The van der Waals surface area contributed by atoms with E-state index in [1.165, 1.54) is 0 Å². The monoisotopic (exact) mass is 214 g/mol. The molecule has 0 aliphatic rings. The molecule has 2 rings (SSSR count). The standard InChI is InChI=1S/C13H14N2O/c1-3-15-9-8-14-13(15)12(16)11-7-5-4-6-10(11)2/h3-9,12,16H,1H2,2H3. The highest BCUT2D eigenvalue weighted by Gasteiger charge is 2.16. The number of imidazole rings is 1. The Morgan fingerprint density at radius 2 is 2.19 bits per heavy atom. The lowest BCUT2D eigenvalue weighted by atomic mass is 10.0. The van der Waals surface area contributed by atoms with E-state index in [2.05, 4.69) is 11.6 Å². The highest BCUT2D eigenvalue weighted by atomic mass is 16.3. The summed E-state index contributed by atoms with van der Waals surface area (Å²) in [5.74, 6) is 0.587. The van der Waals surface area contributed by atoms with Gasteiger partial charge in [0.1, 0.15) is 11.9 Å². The molecular formula is C13H14N2O. The van der Waals surface area contributed by atoms with Gasteiger partial charge in [-0.1, -0.05) is 30.8 Å². The van der Waals surface area contributed by atoms with Crippen LogP contribution in [-0.2, 0) is 0 Å². The third-order valence-corrected chi connectivity index (χ3v) is 2.62. The van der Waals surface area contributed by atoms with Crippen molar-refractivity contribution in [2.45, 2.75) is 13.0 Å². The van der Waals surface area contributed by atoms with Gasteiger partial charge in [-0.3, -0.25) is 0 Å². The smallest absolute Gasteiger partial charge is 0.146 e. The Labute approximate surface area is 94.7 Å². The van der Waals surface area contributed by atoms with Gasteiger partial charge in [0.25, 0.3) is 0 Å². The normalized spacial score (nSPS) is 12.4. The molecule has 3 heteroatoms. The van der Waals surface area contributed by atoms with Crippen LogP contribution in [0.25, 0.3) is 6.20 Å². The van der Waals surface area contributed by atoms with Crippen LogP contribution in [0.1, 0.15) is 23.1 Å². The number of aromatic nitrogens is 2. The Kier molecular flexibility index (Phi) is 2.88. The van der Waals surface area contributed by atoms with Crippen molar-refractivity contribution in [1.29, 1.82) is 0 Å². The summed E-state index contributed by atoms with van der Waals surface area (Å²) in [7, 11) is 0. The van der Waals surface area contributed by atoms with E-state index < -0.39 is 6.10 Å². The van der Waals surface area contributed by atoms with Crippen molar-refractivity contribution in [1.82, 2.24) is 9.55 Å². The van der Waals surface area contributed by atoms with E-state index >= 15 is 0 Å². The summed E-state index contributed by atoms with van der Waals surface area (Å²) in [4.78, 5) is 4.15. The molecule has 1 heterocycles. The van der Waals surface area contributed by atoms with E-state index in [0.717, 1.165) is 11.1 Å². The van der Waals surface area contributed by atoms with Crippen LogP contribution >= 0.6 is 0 Å². The van der Waals surface area contributed by atoms with E-state index in [4.69, 9.17) is 0 Å². The third-order valence-electron chi connectivity index (χ3n) is 2.62. The molecule has 0 saturated carbocycles. The summed E-state index contributed by atoms with van der Waals surface area (Å²) < 4.78 is 1.72. The number of benzene rings is 1. The van der Waals surface area contributed by atoms with Gasteiger partial charge in [-0.25, -0.2) is 4.98 Å². The molecule has 1 aromatic heterocycles. The molecule has 1 N–H and O–H groups in total. The molecule has 1 atom stereocenters. The van der Waals surface area contributed by atoms with Crippen LogP contribution in [0, 0.1) is 6.92 Å². The topological polar surface area (TPSA) is 38.0 Å². The second-order valence-electron chi connectivity index (χ2n) is 3.63. The van der Waals surface area contributed by atoms with E-state index in [1.54, 1.807) is 23.2 Å². The molecule has 3 nitrogen and oxygen atoms in total. The van der Waals surface area contributed by atoms with Crippen LogP contribution in [0.2, 0.25) is 0 Å². The van der Waals surface area contributed by atoms with Crippen LogP contribution in [0.3, 0.4) is 0 Å². The molecule has 0 radical (unpaired) electrons. The third kappa shape index (κ3) is 1.77. The van der Waals surface area contributed by atoms with E-state index in [0.29, 0.717) is 5.82 Å². The molecule has 2 aromatic rings. The number of aliphatic hydroxyl groups is 1. The number of aryl methyl sites for hydroxylation is 1. The summed E-state index contributed by atoms with van der Waals surface area (Å²) in [5, 5.41) is 10.2. The fraction of sp³-hybridized carbons (Fsp3) is 0.154. The first-order valence-electron chi connectivity index (χ1n) is 5.13. The summed E-state index contributed by atoms with van der Waals surface area (Å²) >= 11 is 0. The molecule has 0 saturated heterocycles. The quantitative estimate of drug-likeness (QED) is 0.851. The van der Waals surface area contributed by atoms with E-state index in [9.17, 15) is 5.11 Å². The maximum absolute atomic E-state index is 10.2. The number of hydrogen-bond acceptors (Lipinski definition) is 2. The molecule has 1 aromatic carbocycles. The molecule has 16 heavy (non-hydrogen) atoms. The maximum atomic E-state index is 10.2. The van der Waals surface area contributed by atoms with Crippen molar-refractivity contribution in [3.05, 3.63) is 60.2 Å². The van der Waals surface area contributed by atoms with Gasteiger partial charge in [0.2, 0.25) is 0 Å². The highest BCUT2D eigenvalue weighted by molar-refractivity contribution is 5.33. The highest BCUT2D eigenvalue weighted by Crippen LogP contribution is 2.23. The number of nitrogens with zero attached hydrogens (tertiary/aromatic N) is 2. The predicted molar refractivity (Wildman–Crippen MR) is 63.9 cm³/mol. The molecule has 1 unspecified atom stereocenters. The molecule has 0 aliphatic carbocycles. The minimum absolute atomic E-state index is 0.587. The molecule has 0 aliphatic heterocycles. The molecule has 0 fully saturated rings. The Bertz CT molecular complexity index is 502.